The highest BCUT2D eigenvalue weighted by atomic mass is 32.1. The van der Waals surface area contributed by atoms with E-state index >= 15 is 0 Å². The first-order valence-electron chi connectivity index (χ1n) is 14.0. The number of nitriles is 1. The normalized spacial score (nSPS) is 17.4. The van der Waals surface area contributed by atoms with Gasteiger partial charge in [-0.25, -0.2) is 15.0 Å². The first-order chi connectivity index (χ1) is 19.1. The number of fused-ring (bicyclic) bond motifs is 1. The maximum atomic E-state index is 9.95. The molecule has 0 unspecified atom stereocenters. The lowest BCUT2D eigenvalue weighted by Crippen LogP contribution is -2.32. The van der Waals surface area contributed by atoms with E-state index in [-0.39, 0.29) is 11.3 Å². The minimum Gasteiger partial charge on any atom is -0.373 e. The van der Waals surface area contributed by atoms with Crippen molar-refractivity contribution in [1.82, 2.24) is 19.8 Å². The summed E-state index contributed by atoms with van der Waals surface area (Å²) in [5, 5.41) is 10.7. The fraction of sp³-hybridized carbons (Fsp3) is 0.500. The predicted molar refractivity (Wildman–Crippen MR) is 167 cm³/mol. The molecule has 2 aromatic rings. The fourth-order valence-corrected chi connectivity index (χ4v) is 6.41. The smallest absolute Gasteiger partial charge is 0.225 e. The van der Waals surface area contributed by atoms with Crippen molar-refractivity contribution in [2.24, 2.45) is 10.4 Å². The molecule has 0 bridgehead atoms. The molecule has 0 spiro atoms. The number of hydrogen-bond donors (Lipinski definition) is 0. The second-order valence-electron chi connectivity index (χ2n) is 12.0. The molecule has 210 valence electrons. The average Bonchev–Trinajstić information content (AvgIpc) is 3.09. The van der Waals surface area contributed by atoms with Gasteiger partial charge in [0.2, 0.25) is 5.95 Å². The molecule has 1 aliphatic heterocycles. The summed E-state index contributed by atoms with van der Waals surface area (Å²) in [7, 11) is 3.85. The molecule has 1 atom stereocenters. The molecule has 0 radical (unpaired) electrons. The van der Waals surface area contributed by atoms with Crippen molar-refractivity contribution in [3.63, 3.8) is 0 Å². The molecular weight excluding hydrogens is 514 g/mol. The Kier molecular flexibility index (Phi) is 9.32. The van der Waals surface area contributed by atoms with E-state index in [1.165, 1.54) is 10.6 Å². The van der Waals surface area contributed by atoms with Crippen molar-refractivity contribution in [3.8, 4) is 17.9 Å². The largest absolute Gasteiger partial charge is 0.373 e. The van der Waals surface area contributed by atoms with Gasteiger partial charge in [-0.1, -0.05) is 45.8 Å². The van der Waals surface area contributed by atoms with Crippen LogP contribution in [0.5, 0.6) is 0 Å². The van der Waals surface area contributed by atoms with Crippen LogP contribution in [-0.4, -0.2) is 66.4 Å². The number of thiophene rings is 1. The van der Waals surface area contributed by atoms with Crippen LogP contribution in [0.3, 0.4) is 0 Å². The minimum absolute atomic E-state index is 0.00574. The average molecular weight is 556 g/mol. The third-order valence-electron chi connectivity index (χ3n) is 7.08. The lowest BCUT2D eigenvalue weighted by Gasteiger charge is -2.29. The van der Waals surface area contributed by atoms with Crippen molar-refractivity contribution >= 4 is 34.2 Å². The van der Waals surface area contributed by atoms with Gasteiger partial charge in [0, 0.05) is 74.1 Å². The van der Waals surface area contributed by atoms with Crippen molar-refractivity contribution in [3.05, 3.63) is 52.8 Å². The molecular formula is C32H41N7S. The predicted octanol–water partition coefficient (Wildman–Crippen LogP) is 6.23. The van der Waals surface area contributed by atoms with Crippen molar-refractivity contribution < 1.29 is 0 Å². The van der Waals surface area contributed by atoms with E-state index in [0.29, 0.717) is 11.1 Å². The van der Waals surface area contributed by atoms with Crippen molar-refractivity contribution in [2.45, 2.75) is 58.8 Å². The molecule has 1 fully saturated rings. The molecule has 2 aliphatic rings. The van der Waals surface area contributed by atoms with Gasteiger partial charge in [-0.15, -0.1) is 11.3 Å². The Morgan fingerprint density at radius 3 is 2.75 bits per heavy atom. The molecule has 4 rings (SSSR count). The number of hydrogen-bond acceptors (Lipinski definition) is 7. The summed E-state index contributed by atoms with van der Waals surface area (Å²) in [6.45, 7) is 19.0. The summed E-state index contributed by atoms with van der Waals surface area (Å²) in [5.41, 5.74) is 4.56. The van der Waals surface area contributed by atoms with E-state index in [0.717, 1.165) is 80.5 Å². The lowest BCUT2D eigenvalue weighted by atomic mass is 9.85. The van der Waals surface area contributed by atoms with Crippen LogP contribution in [0.15, 0.2) is 36.1 Å². The van der Waals surface area contributed by atoms with Crippen LogP contribution < -0.4 is 4.90 Å². The summed E-state index contributed by atoms with van der Waals surface area (Å²) in [6, 6.07) is 4.28. The van der Waals surface area contributed by atoms with E-state index in [1.807, 2.05) is 25.1 Å². The molecule has 8 heteroatoms. The third kappa shape index (κ3) is 7.31. The van der Waals surface area contributed by atoms with E-state index in [9.17, 15) is 5.26 Å². The molecule has 1 saturated heterocycles. The van der Waals surface area contributed by atoms with Crippen LogP contribution in [0.2, 0.25) is 0 Å². The number of allylic oxidation sites excluding steroid dienone is 2. The topological polar surface area (TPSA) is 71.7 Å². The van der Waals surface area contributed by atoms with Gasteiger partial charge in [0.25, 0.3) is 0 Å². The Hall–Kier alpha value is -3.62. The highest BCUT2D eigenvalue weighted by Crippen LogP contribution is 2.44. The second kappa shape index (κ2) is 12.7. The van der Waals surface area contributed by atoms with E-state index < -0.39 is 0 Å². The zero-order chi connectivity index (χ0) is 28.9. The molecule has 3 heterocycles. The Balaban J connectivity index is 1.48. The summed E-state index contributed by atoms with van der Waals surface area (Å²) in [5.74, 6) is 7.42. The number of nitrogens with zero attached hydrogens (tertiary/aromatic N) is 7. The number of aryl methyl sites for hydroxylation is 1. The Morgan fingerprint density at radius 2 is 2.02 bits per heavy atom. The Labute approximate surface area is 244 Å². The molecule has 0 amide bonds. The molecule has 1 aliphatic carbocycles. The van der Waals surface area contributed by atoms with Crippen LogP contribution >= 0.6 is 11.3 Å². The Bertz CT molecular complexity index is 1380. The number of rotatable bonds is 6. The lowest BCUT2D eigenvalue weighted by molar-refractivity contribution is 0.303. The molecule has 2 aromatic heterocycles. The van der Waals surface area contributed by atoms with Gasteiger partial charge in [0.1, 0.15) is 11.1 Å². The molecule has 0 saturated carbocycles. The van der Waals surface area contributed by atoms with Gasteiger partial charge in [-0.3, -0.25) is 0 Å². The fourth-order valence-electron chi connectivity index (χ4n) is 5.22. The zero-order valence-electron chi connectivity index (χ0n) is 24.6. The van der Waals surface area contributed by atoms with E-state index in [2.05, 4.69) is 71.6 Å². The summed E-state index contributed by atoms with van der Waals surface area (Å²) in [4.78, 5) is 21.8. The number of aliphatic imine (C=N–C) groups is 1. The first kappa shape index (κ1) is 29.4. The molecule has 0 aromatic carbocycles. The van der Waals surface area contributed by atoms with Gasteiger partial charge in [0.15, 0.2) is 0 Å². The summed E-state index contributed by atoms with van der Waals surface area (Å²) in [6.07, 6.45) is 8.51. The Morgan fingerprint density at radius 1 is 1.23 bits per heavy atom. The SMILES string of the molecule is C=C(C#C[C@H]1CCCc2sc(N=CN(C)C)c(C#N)c21)c1ccnc(N2CCCN(C(=C)CC(C)(C)C)CC2)n1. The van der Waals surface area contributed by atoms with Crippen LogP contribution in [0.1, 0.15) is 74.1 Å². The standard InChI is InChI=1S/C32H41N7S/c1-23(12-13-25-10-8-11-28-29(25)26(21-33)30(40-28)35-22-37(6)7)27-14-15-34-31(36-27)39-17-9-16-38(18-19-39)24(2)20-32(3,4)5/h14-15,22,25H,1-2,8-11,16-20H2,3-7H3/t25-/m1/s1. The van der Waals surface area contributed by atoms with Crippen LogP contribution in [0, 0.1) is 28.6 Å². The van der Waals surface area contributed by atoms with Gasteiger partial charge in [-0.05, 0) is 43.6 Å². The van der Waals surface area contributed by atoms with Crippen molar-refractivity contribution in [2.75, 3.05) is 45.2 Å². The third-order valence-corrected chi connectivity index (χ3v) is 8.25. The van der Waals surface area contributed by atoms with E-state index in [1.54, 1.807) is 23.9 Å². The van der Waals surface area contributed by atoms with Crippen molar-refractivity contribution in [1.29, 1.82) is 5.26 Å². The quantitative estimate of drug-likeness (QED) is 0.239. The van der Waals surface area contributed by atoms with Gasteiger partial charge in [-0.2, -0.15) is 5.26 Å². The monoisotopic (exact) mass is 555 g/mol. The van der Waals surface area contributed by atoms with Crippen LogP contribution in [0.4, 0.5) is 10.9 Å². The van der Waals surface area contributed by atoms with Crippen LogP contribution in [0.25, 0.3) is 5.57 Å². The van der Waals surface area contributed by atoms with Gasteiger partial charge >= 0.3 is 0 Å². The maximum Gasteiger partial charge on any atom is 0.225 e. The van der Waals surface area contributed by atoms with Gasteiger partial charge < -0.3 is 14.7 Å². The number of anilines is 1. The molecule has 7 nitrogen and oxygen atoms in total. The van der Waals surface area contributed by atoms with E-state index in [4.69, 9.17) is 4.98 Å². The molecule has 0 N–H and O–H groups in total. The maximum absolute atomic E-state index is 9.95. The minimum atomic E-state index is -0.00574. The van der Waals surface area contributed by atoms with Crippen LogP contribution in [-0.2, 0) is 6.42 Å². The first-order valence-corrected chi connectivity index (χ1v) is 14.8. The summed E-state index contributed by atoms with van der Waals surface area (Å²) < 4.78 is 0. The highest BCUT2D eigenvalue weighted by molar-refractivity contribution is 7.16. The number of aromatic nitrogens is 2. The molecule has 40 heavy (non-hydrogen) atoms. The highest BCUT2D eigenvalue weighted by Gasteiger charge is 2.27. The zero-order valence-corrected chi connectivity index (χ0v) is 25.4. The summed E-state index contributed by atoms with van der Waals surface area (Å²) >= 11 is 1.61. The van der Waals surface area contributed by atoms with Gasteiger partial charge in [0.05, 0.1) is 17.6 Å². The second-order valence-corrected chi connectivity index (χ2v) is 13.1.